The lowest BCUT2D eigenvalue weighted by Crippen LogP contribution is -2.12. The van der Waals surface area contributed by atoms with Gasteiger partial charge in [-0.05, 0) is 12.9 Å². The lowest BCUT2D eigenvalue weighted by molar-refractivity contribution is 0.114. The van der Waals surface area contributed by atoms with Gasteiger partial charge in [-0.1, -0.05) is 0 Å². The predicted octanol–water partition coefficient (Wildman–Crippen LogP) is -0.341. The molecule has 0 spiro atoms. The second-order valence-corrected chi connectivity index (χ2v) is 1.38. The molecule has 5 heteroatoms. The van der Waals surface area contributed by atoms with Gasteiger partial charge in [0.05, 0.1) is 12.7 Å². The van der Waals surface area contributed by atoms with Crippen molar-refractivity contribution in [3.63, 3.8) is 0 Å². The van der Waals surface area contributed by atoms with E-state index in [1.807, 2.05) is 0 Å². The third-order valence-corrected chi connectivity index (χ3v) is 0.843. The van der Waals surface area contributed by atoms with Gasteiger partial charge in [-0.3, -0.25) is 0 Å². The van der Waals surface area contributed by atoms with Crippen LogP contribution < -0.4 is 0 Å². The van der Waals surface area contributed by atoms with Crippen molar-refractivity contribution in [3.8, 4) is 0 Å². The summed E-state index contributed by atoms with van der Waals surface area (Å²) in [4.78, 5) is 0. The molecule has 0 heterocycles. The number of aliphatic hydroxyl groups excluding tert-OH is 2. The fourth-order valence-electron chi connectivity index (χ4n) is 0.0577. The first-order valence-corrected chi connectivity index (χ1v) is 2.94. The molecule has 0 aliphatic rings. The molecule has 3 N–H and O–H groups in total. The molecular formula is C3H10O3S2. The third-order valence-electron chi connectivity index (χ3n) is 0.421. The van der Waals surface area contributed by atoms with Crippen molar-refractivity contribution < 1.29 is 14.8 Å². The summed E-state index contributed by atoms with van der Waals surface area (Å²) in [5, 5.41) is 16.4. The van der Waals surface area contributed by atoms with E-state index in [9.17, 15) is 0 Å². The van der Waals surface area contributed by atoms with Gasteiger partial charge in [0.1, 0.15) is 0 Å². The molecule has 0 aromatic heterocycles. The highest BCUT2D eigenvalue weighted by molar-refractivity contribution is 7.80. The summed E-state index contributed by atoms with van der Waals surface area (Å²) in [6.07, 6.45) is -0.645. The van der Waals surface area contributed by atoms with Gasteiger partial charge in [0.15, 0.2) is 0 Å². The maximum absolute atomic E-state index is 8.34. The minimum atomic E-state index is -0.645. The van der Waals surface area contributed by atoms with Crippen LogP contribution in [0.3, 0.4) is 0 Å². The Bertz CT molecular complexity index is 31.7. The Morgan fingerprint density at radius 2 is 1.75 bits per heavy atom. The van der Waals surface area contributed by atoms with E-state index in [4.69, 9.17) is 14.8 Å². The first-order chi connectivity index (χ1) is 3.81. The van der Waals surface area contributed by atoms with E-state index in [1.54, 1.807) is 0 Å². The van der Waals surface area contributed by atoms with Crippen molar-refractivity contribution in [2.24, 2.45) is 0 Å². The zero-order valence-electron chi connectivity index (χ0n) is 4.23. The standard InChI is InChI=1S/C3H8O2S.H2OS/c4-1-3(5)2-6;1-2/h3-6H,1-2H2;1-2H. The molecule has 0 aliphatic carbocycles. The molecular weight excluding hydrogens is 148 g/mol. The van der Waals surface area contributed by atoms with Crippen molar-refractivity contribution >= 4 is 25.5 Å². The van der Waals surface area contributed by atoms with Gasteiger partial charge in [-0.2, -0.15) is 12.6 Å². The summed E-state index contributed by atoms with van der Waals surface area (Å²) >= 11 is 6.21. The van der Waals surface area contributed by atoms with Crippen molar-refractivity contribution in [2.75, 3.05) is 12.4 Å². The van der Waals surface area contributed by atoms with E-state index < -0.39 is 6.10 Å². The smallest absolute Gasteiger partial charge is 0.0858 e. The zero-order chi connectivity index (χ0) is 6.99. The van der Waals surface area contributed by atoms with Crippen LogP contribution in [0.1, 0.15) is 0 Å². The van der Waals surface area contributed by atoms with E-state index in [2.05, 4.69) is 25.5 Å². The monoisotopic (exact) mass is 158 g/mol. The van der Waals surface area contributed by atoms with Gasteiger partial charge in [0, 0.05) is 5.75 Å². The fraction of sp³-hybridized carbons (Fsp3) is 1.00. The summed E-state index contributed by atoms with van der Waals surface area (Å²) in [7, 11) is 0. The van der Waals surface area contributed by atoms with Crippen LogP contribution in [0.4, 0.5) is 0 Å². The zero-order valence-corrected chi connectivity index (χ0v) is 6.02. The topological polar surface area (TPSA) is 60.7 Å². The Morgan fingerprint density at radius 1 is 1.38 bits per heavy atom. The van der Waals surface area contributed by atoms with Gasteiger partial charge in [0.2, 0.25) is 0 Å². The lowest BCUT2D eigenvalue weighted by Gasteiger charge is -1.96. The van der Waals surface area contributed by atoms with Crippen LogP contribution in [0.5, 0.6) is 0 Å². The molecule has 0 aliphatic heterocycles. The summed E-state index contributed by atoms with van der Waals surface area (Å²) in [5.74, 6) is 0.330. The van der Waals surface area contributed by atoms with Crippen molar-refractivity contribution in [1.29, 1.82) is 0 Å². The molecule has 0 rings (SSSR count). The molecule has 8 heavy (non-hydrogen) atoms. The highest BCUT2D eigenvalue weighted by Crippen LogP contribution is 1.81. The number of thiol groups is 2. The first kappa shape index (κ1) is 11.4. The summed E-state index contributed by atoms with van der Waals surface area (Å²) in [5.41, 5.74) is 0. The first-order valence-electron chi connectivity index (χ1n) is 1.91. The average Bonchev–Trinajstić information content (AvgIpc) is 1.91. The van der Waals surface area contributed by atoms with E-state index in [1.165, 1.54) is 0 Å². The van der Waals surface area contributed by atoms with Crippen LogP contribution in [0.15, 0.2) is 0 Å². The van der Waals surface area contributed by atoms with Crippen LogP contribution in [-0.4, -0.2) is 33.2 Å². The van der Waals surface area contributed by atoms with Crippen LogP contribution in [0.25, 0.3) is 0 Å². The average molecular weight is 158 g/mol. The maximum atomic E-state index is 8.34. The highest BCUT2D eigenvalue weighted by Gasteiger charge is 1.92. The largest absolute Gasteiger partial charge is 0.394 e. The summed E-state index contributed by atoms with van der Waals surface area (Å²) in [6.45, 7) is -0.191. The molecule has 0 aromatic carbocycles. The summed E-state index contributed by atoms with van der Waals surface area (Å²) in [6, 6.07) is 0. The third kappa shape index (κ3) is 9.77. The normalized spacial score (nSPS) is 11.6. The molecule has 0 aromatic rings. The minimum absolute atomic E-state index is 0.191. The molecule has 0 radical (unpaired) electrons. The molecule has 0 fully saturated rings. The Morgan fingerprint density at radius 3 is 1.75 bits per heavy atom. The minimum Gasteiger partial charge on any atom is -0.394 e. The van der Waals surface area contributed by atoms with Crippen molar-refractivity contribution in [3.05, 3.63) is 0 Å². The predicted molar refractivity (Wildman–Crippen MR) is 38.6 cm³/mol. The number of rotatable bonds is 2. The number of hydrogen-bond donors (Lipinski definition) is 5. The SMILES string of the molecule is OCC(O)CS.OS. The second-order valence-electron chi connectivity index (χ2n) is 1.02. The van der Waals surface area contributed by atoms with E-state index in [-0.39, 0.29) is 6.61 Å². The molecule has 3 nitrogen and oxygen atoms in total. The van der Waals surface area contributed by atoms with E-state index >= 15 is 0 Å². The molecule has 0 bridgehead atoms. The van der Waals surface area contributed by atoms with E-state index in [0.29, 0.717) is 5.75 Å². The molecule has 0 amide bonds. The Labute approximate surface area is 59.4 Å². The van der Waals surface area contributed by atoms with Gasteiger partial charge in [-0.15, -0.1) is 0 Å². The van der Waals surface area contributed by atoms with Crippen molar-refractivity contribution in [1.82, 2.24) is 0 Å². The van der Waals surface area contributed by atoms with Gasteiger partial charge in [0.25, 0.3) is 0 Å². The second kappa shape index (κ2) is 10.5. The maximum Gasteiger partial charge on any atom is 0.0858 e. The summed E-state index contributed by atoms with van der Waals surface area (Å²) < 4.78 is 6.69. The highest BCUT2D eigenvalue weighted by atomic mass is 32.1. The molecule has 1 atom stereocenters. The van der Waals surface area contributed by atoms with Gasteiger partial charge < -0.3 is 14.8 Å². The number of aliphatic hydroxyl groups is 2. The quantitative estimate of drug-likeness (QED) is 0.282. The Kier molecular flexibility index (Phi) is 15.0. The number of hydrogen-bond acceptors (Lipinski definition) is 5. The van der Waals surface area contributed by atoms with Crippen LogP contribution in [-0.2, 0) is 0 Å². The van der Waals surface area contributed by atoms with Crippen LogP contribution in [0, 0.1) is 0 Å². The van der Waals surface area contributed by atoms with Crippen LogP contribution in [0.2, 0.25) is 0 Å². The molecule has 0 saturated carbocycles. The lowest BCUT2D eigenvalue weighted by atomic mass is 10.4. The molecule has 52 valence electrons. The fourth-order valence-corrected chi connectivity index (χ4v) is 0.173. The van der Waals surface area contributed by atoms with Gasteiger partial charge in [-0.25, -0.2) is 0 Å². The Hall–Kier alpha value is 0.580. The Balaban J connectivity index is 0. The van der Waals surface area contributed by atoms with Gasteiger partial charge >= 0.3 is 0 Å². The molecule has 0 saturated heterocycles. The molecule has 1 unspecified atom stereocenters. The van der Waals surface area contributed by atoms with Crippen molar-refractivity contribution in [2.45, 2.75) is 6.10 Å². The van der Waals surface area contributed by atoms with Crippen LogP contribution >= 0.6 is 25.5 Å². The van der Waals surface area contributed by atoms with E-state index in [0.717, 1.165) is 0 Å².